The maximum absolute atomic E-state index is 5.63. The van der Waals surface area contributed by atoms with Crippen LogP contribution in [0.25, 0.3) is 0 Å². The van der Waals surface area contributed by atoms with Gasteiger partial charge >= 0.3 is 0 Å². The summed E-state index contributed by atoms with van der Waals surface area (Å²) in [4.78, 5) is 0. The largest absolute Gasteiger partial charge is 0.372 e. The van der Waals surface area contributed by atoms with Gasteiger partial charge in [-0.2, -0.15) is 0 Å². The summed E-state index contributed by atoms with van der Waals surface area (Å²) >= 11 is 0. The van der Waals surface area contributed by atoms with E-state index in [-0.39, 0.29) is 6.10 Å². The second-order valence-corrected chi connectivity index (χ2v) is 3.27. The summed E-state index contributed by atoms with van der Waals surface area (Å²) in [7, 11) is 0. The van der Waals surface area contributed by atoms with Crippen molar-refractivity contribution in [2.45, 2.75) is 32.3 Å². The van der Waals surface area contributed by atoms with Gasteiger partial charge in [0.1, 0.15) is 11.8 Å². The van der Waals surface area contributed by atoms with E-state index in [9.17, 15) is 0 Å². The maximum atomic E-state index is 5.63. The minimum atomic E-state index is 0.107. The fraction of sp³-hybridized carbons (Fsp3) is 0.667. The molecular weight excluding hydrogens is 168 g/mol. The van der Waals surface area contributed by atoms with Gasteiger partial charge in [0, 0.05) is 12.2 Å². The smallest absolute Gasteiger partial charge is 0.225 e. The second-order valence-electron chi connectivity index (χ2n) is 3.27. The zero-order chi connectivity index (χ0) is 9.26. The third kappa shape index (κ3) is 1.42. The van der Waals surface area contributed by atoms with Crippen LogP contribution in [-0.4, -0.2) is 11.8 Å². The standard InChI is InChI=1S/C9H14N2O2/c1-2-6-8(11-13-9(6)10)7-4-3-5-12-7/h7H,2-5,10H2,1H3. The van der Waals surface area contributed by atoms with Crippen LogP contribution in [0.1, 0.15) is 37.1 Å². The highest BCUT2D eigenvalue weighted by molar-refractivity contribution is 5.39. The van der Waals surface area contributed by atoms with E-state index in [1.807, 2.05) is 6.92 Å². The molecule has 13 heavy (non-hydrogen) atoms. The predicted molar refractivity (Wildman–Crippen MR) is 48.2 cm³/mol. The summed E-state index contributed by atoms with van der Waals surface area (Å²) in [5, 5.41) is 3.94. The number of nitrogens with two attached hydrogens (primary N) is 1. The van der Waals surface area contributed by atoms with Crippen LogP contribution < -0.4 is 5.73 Å². The quantitative estimate of drug-likeness (QED) is 0.755. The molecule has 1 aromatic heterocycles. The van der Waals surface area contributed by atoms with Crippen LogP contribution in [0.5, 0.6) is 0 Å². The summed E-state index contributed by atoms with van der Waals surface area (Å²) < 4.78 is 10.5. The topological polar surface area (TPSA) is 61.3 Å². The average molecular weight is 182 g/mol. The van der Waals surface area contributed by atoms with Crippen LogP contribution in [0, 0.1) is 0 Å². The molecule has 4 heteroatoms. The first kappa shape index (κ1) is 8.56. The Kier molecular flexibility index (Phi) is 2.22. The summed E-state index contributed by atoms with van der Waals surface area (Å²) in [5.74, 6) is 0.438. The number of aromatic nitrogens is 1. The van der Waals surface area contributed by atoms with Crippen molar-refractivity contribution in [3.05, 3.63) is 11.3 Å². The van der Waals surface area contributed by atoms with Crippen LogP contribution in [0.3, 0.4) is 0 Å². The molecule has 0 radical (unpaired) electrons. The highest BCUT2D eigenvalue weighted by Crippen LogP contribution is 2.32. The number of anilines is 1. The monoisotopic (exact) mass is 182 g/mol. The Morgan fingerprint density at radius 2 is 2.46 bits per heavy atom. The maximum Gasteiger partial charge on any atom is 0.225 e. The summed E-state index contributed by atoms with van der Waals surface area (Å²) in [5.41, 5.74) is 7.54. The molecule has 1 atom stereocenters. The Bertz CT molecular complexity index is 290. The lowest BCUT2D eigenvalue weighted by atomic mass is 10.1. The van der Waals surface area contributed by atoms with Crippen LogP contribution in [0.2, 0.25) is 0 Å². The van der Waals surface area contributed by atoms with Gasteiger partial charge in [-0.3, -0.25) is 0 Å². The molecule has 2 heterocycles. The van der Waals surface area contributed by atoms with E-state index < -0.39 is 0 Å². The van der Waals surface area contributed by atoms with Crippen molar-refractivity contribution in [2.75, 3.05) is 12.3 Å². The van der Waals surface area contributed by atoms with Crippen molar-refractivity contribution in [3.63, 3.8) is 0 Å². The molecule has 0 aliphatic carbocycles. The molecular formula is C9H14N2O2. The molecule has 1 aliphatic rings. The Morgan fingerprint density at radius 1 is 1.62 bits per heavy atom. The zero-order valence-corrected chi connectivity index (χ0v) is 7.75. The first-order chi connectivity index (χ1) is 6.33. The number of rotatable bonds is 2. The van der Waals surface area contributed by atoms with E-state index in [2.05, 4.69) is 5.16 Å². The van der Waals surface area contributed by atoms with E-state index in [4.69, 9.17) is 15.0 Å². The Morgan fingerprint density at radius 3 is 3.08 bits per heavy atom. The van der Waals surface area contributed by atoms with E-state index in [0.717, 1.165) is 37.1 Å². The minimum absolute atomic E-state index is 0.107. The molecule has 2 rings (SSSR count). The Balaban J connectivity index is 2.27. The predicted octanol–water partition coefficient (Wildman–Crippen LogP) is 1.67. The number of nitrogens with zero attached hydrogens (tertiary/aromatic N) is 1. The van der Waals surface area contributed by atoms with Crippen LogP contribution in [0.4, 0.5) is 5.88 Å². The van der Waals surface area contributed by atoms with E-state index in [0.29, 0.717) is 5.88 Å². The molecule has 1 aliphatic heterocycles. The molecule has 1 fully saturated rings. The van der Waals surface area contributed by atoms with Gasteiger partial charge in [0.15, 0.2) is 0 Å². The molecule has 72 valence electrons. The van der Waals surface area contributed by atoms with Crippen molar-refractivity contribution >= 4 is 5.88 Å². The molecule has 0 amide bonds. The lowest BCUT2D eigenvalue weighted by Gasteiger charge is -2.06. The number of ether oxygens (including phenoxy) is 1. The molecule has 0 saturated carbocycles. The zero-order valence-electron chi connectivity index (χ0n) is 7.75. The van der Waals surface area contributed by atoms with Gasteiger partial charge in [0.05, 0.1) is 0 Å². The molecule has 4 nitrogen and oxygen atoms in total. The van der Waals surface area contributed by atoms with Crippen LogP contribution in [-0.2, 0) is 11.2 Å². The van der Waals surface area contributed by atoms with Crippen LogP contribution >= 0.6 is 0 Å². The Labute approximate surface area is 77.0 Å². The molecule has 0 bridgehead atoms. The number of hydrogen-bond acceptors (Lipinski definition) is 4. The normalized spacial score (nSPS) is 22.4. The Hall–Kier alpha value is -1.03. The van der Waals surface area contributed by atoms with Crippen molar-refractivity contribution < 1.29 is 9.26 Å². The first-order valence-corrected chi connectivity index (χ1v) is 4.68. The van der Waals surface area contributed by atoms with Crippen molar-refractivity contribution in [1.82, 2.24) is 5.16 Å². The SMILES string of the molecule is CCc1c(C2CCCO2)noc1N. The van der Waals surface area contributed by atoms with E-state index in [1.165, 1.54) is 0 Å². The van der Waals surface area contributed by atoms with Gasteiger partial charge in [0.25, 0.3) is 0 Å². The van der Waals surface area contributed by atoms with E-state index >= 15 is 0 Å². The number of hydrogen-bond donors (Lipinski definition) is 1. The van der Waals surface area contributed by atoms with Gasteiger partial charge in [-0.15, -0.1) is 0 Å². The van der Waals surface area contributed by atoms with Crippen molar-refractivity contribution in [1.29, 1.82) is 0 Å². The van der Waals surface area contributed by atoms with Gasteiger partial charge in [-0.25, -0.2) is 0 Å². The molecule has 1 aromatic rings. The van der Waals surface area contributed by atoms with Gasteiger partial charge < -0.3 is 15.0 Å². The van der Waals surface area contributed by atoms with Gasteiger partial charge in [-0.1, -0.05) is 12.1 Å². The first-order valence-electron chi connectivity index (χ1n) is 4.68. The molecule has 1 unspecified atom stereocenters. The third-order valence-electron chi connectivity index (χ3n) is 2.44. The lowest BCUT2D eigenvalue weighted by molar-refractivity contribution is 0.105. The molecule has 2 N–H and O–H groups in total. The third-order valence-corrected chi connectivity index (χ3v) is 2.44. The number of nitrogen functional groups attached to an aromatic ring is 1. The molecule has 0 spiro atoms. The van der Waals surface area contributed by atoms with Gasteiger partial charge in [-0.05, 0) is 19.3 Å². The van der Waals surface area contributed by atoms with Crippen LogP contribution in [0.15, 0.2) is 4.52 Å². The minimum Gasteiger partial charge on any atom is -0.372 e. The summed E-state index contributed by atoms with van der Waals surface area (Å²) in [6.07, 6.45) is 3.08. The fourth-order valence-electron chi connectivity index (χ4n) is 1.74. The molecule has 1 saturated heterocycles. The van der Waals surface area contributed by atoms with Crippen molar-refractivity contribution in [2.24, 2.45) is 0 Å². The summed E-state index contributed by atoms with van der Waals surface area (Å²) in [6, 6.07) is 0. The van der Waals surface area contributed by atoms with Crippen molar-refractivity contribution in [3.8, 4) is 0 Å². The lowest BCUT2D eigenvalue weighted by Crippen LogP contribution is -2.00. The van der Waals surface area contributed by atoms with E-state index in [1.54, 1.807) is 0 Å². The highest BCUT2D eigenvalue weighted by Gasteiger charge is 2.25. The second kappa shape index (κ2) is 3.38. The average Bonchev–Trinajstić information content (AvgIpc) is 2.71. The fourth-order valence-corrected chi connectivity index (χ4v) is 1.74. The van der Waals surface area contributed by atoms with Gasteiger partial charge in [0.2, 0.25) is 5.88 Å². The highest BCUT2D eigenvalue weighted by atomic mass is 16.5. The summed E-state index contributed by atoms with van der Waals surface area (Å²) in [6.45, 7) is 2.86. The molecule has 0 aromatic carbocycles.